The van der Waals surface area contributed by atoms with E-state index in [0.717, 1.165) is 32.3 Å². The molecule has 0 unspecified atom stereocenters. The lowest BCUT2D eigenvalue weighted by Crippen LogP contribution is -2.42. The monoisotopic (exact) mass is 334 g/mol. The van der Waals surface area contributed by atoms with Gasteiger partial charge in [-0.05, 0) is 37.8 Å². The molecule has 0 aromatic heterocycles. The Bertz CT molecular complexity index is 540. The minimum Gasteiger partial charge on any atom is -0.489 e. The fourth-order valence-corrected chi connectivity index (χ4v) is 3.10. The van der Waals surface area contributed by atoms with Gasteiger partial charge in [0.05, 0.1) is 11.8 Å². The maximum absolute atomic E-state index is 12.5. The van der Waals surface area contributed by atoms with Crippen LogP contribution >= 0.6 is 0 Å². The van der Waals surface area contributed by atoms with Gasteiger partial charge < -0.3 is 24.4 Å². The first-order chi connectivity index (χ1) is 11.7. The van der Waals surface area contributed by atoms with Gasteiger partial charge in [0.15, 0.2) is 0 Å². The van der Waals surface area contributed by atoms with Crippen molar-refractivity contribution in [2.75, 3.05) is 38.8 Å². The lowest BCUT2D eigenvalue weighted by molar-refractivity contribution is 0.0544. The van der Waals surface area contributed by atoms with Crippen molar-refractivity contribution in [2.45, 2.75) is 37.8 Å². The van der Waals surface area contributed by atoms with Crippen LogP contribution in [-0.2, 0) is 9.47 Å². The summed E-state index contributed by atoms with van der Waals surface area (Å²) in [5.74, 6) is 0.682. The molecule has 0 aliphatic carbocycles. The SMILES string of the molecule is CN(C(=O)Nc1ccccc1OC[C@H]1CCCO1)C1CCOCC1. The largest absolute Gasteiger partial charge is 0.489 e. The van der Waals surface area contributed by atoms with Crippen LogP contribution in [-0.4, -0.2) is 56.6 Å². The maximum Gasteiger partial charge on any atom is 0.321 e. The van der Waals surface area contributed by atoms with Gasteiger partial charge in [-0.15, -0.1) is 0 Å². The van der Waals surface area contributed by atoms with E-state index in [1.165, 1.54) is 0 Å². The number of nitrogens with one attached hydrogen (secondary N) is 1. The number of ether oxygens (including phenoxy) is 3. The van der Waals surface area contributed by atoms with Crippen LogP contribution in [0.15, 0.2) is 24.3 Å². The quantitative estimate of drug-likeness (QED) is 0.899. The van der Waals surface area contributed by atoms with Gasteiger partial charge in [-0.25, -0.2) is 4.79 Å². The average Bonchev–Trinajstić information content (AvgIpc) is 3.14. The third-order valence-corrected chi connectivity index (χ3v) is 4.64. The first-order valence-corrected chi connectivity index (χ1v) is 8.69. The summed E-state index contributed by atoms with van der Waals surface area (Å²) in [5.41, 5.74) is 0.694. The zero-order valence-electron chi connectivity index (χ0n) is 14.2. The van der Waals surface area contributed by atoms with Crippen LogP contribution in [0.3, 0.4) is 0 Å². The summed E-state index contributed by atoms with van der Waals surface area (Å²) in [5, 5.41) is 2.96. The highest BCUT2D eigenvalue weighted by molar-refractivity contribution is 5.91. The number of nitrogens with zero attached hydrogens (tertiary/aromatic N) is 1. The number of rotatable bonds is 5. The lowest BCUT2D eigenvalue weighted by Gasteiger charge is -2.31. The molecule has 24 heavy (non-hydrogen) atoms. The second-order valence-electron chi connectivity index (χ2n) is 6.33. The third kappa shape index (κ3) is 4.39. The van der Waals surface area contributed by atoms with E-state index in [9.17, 15) is 4.79 Å². The molecule has 0 saturated carbocycles. The van der Waals surface area contributed by atoms with E-state index >= 15 is 0 Å². The predicted octanol–water partition coefficient (Wildman–Crippen LogP) is 2.89. The van der Waals surface area contributed by atoms with Gasteiger partial charge in [-0.3, -0.25) is 0 Å². The summed E-state index contributed by atoms with van der Waals surface area (Å²) >= 11 is 0. The fourth-order valence-electron chi connectivity index (χ4n) is 3.10. The first-order valence-electron chi connectivity index (χ1n) is 8.69. The van der Waals surface area contributed by atoms with Crippen molar-refractivity contribution in [1.29, 1.82) is 0 Å². The number of hydrogen-bond acceptors (Lipinski definition) is 4. The van der Waals surface area contributed by atoms with Crippen molar-refractivity contribution in [3.8, 4) is 5.75 Å². The number of anilines is 1. The van der Waals surface area contributed by atoms with Gasteiger partial charge >= 0.3 is 6.03 Å². The molecule has 2 heterocycles. The summed E-state index contributed by atoms with van der Waals surface area (Å²) < 4.78 is 16.8. The molecule has 0 bridgehead atoms. The summed E-state index contributed by atoms with van der Waals surface area (Å²) in [6.45, 7) is 2.75. The van der Waals surface area contributed by atoms with Crippen molar-refractivity contribution in [3.63, 3.8) is 0 Å². The summed E-state index contributed by atoms with van der Waals surface area (Å²) in [6, 6.07) is 7.64. The van der Waals surface area contributed by atoms with E-state index < -0.39 is 0 Å². The highest BCUT2D eigenvalue weighted by Crippen LogP contribution is 2.26. The molecule has 2 amide bonds. The topological polar surface area (TPSA) is 60.0 Å². The van der Waals surface area contributed by atoms with Crippen molar-refractivity contribution >= 4 is 11.7 Å². The Kier molecular flexibility index (Phi) is 5.93. The molecule has 6 heteroatoms. The molecular formula is C18H26N2O4. The molecule has 1 aromatic carbocycles. The smallest absolute Gasteiger partial charge is 0.321 e. The van der Waals surface area contributed by atoms with Crippen LogP contribution in [0, 0.1) is 0 Å². The van der Waals surface area contributed by atoms with Crippen molar-refractivity contribution < 1.29 is 19.0 Å². The zero-order valence-corrected chi connectivity index (χ0v) is 14.2. The van der Waals surface area contributed by atoms with Crippen LogP contribution < -0.4 is 10.1 Å². The number of urea groups is 1. The third-order valence-electron chi connectivity index (χ3n) is 4.64. The molecule has 132 valence electrons. The Hall–Kier alpha value is -1.79. The summed E-state index contributed by atoms with van der Waals surface area (Å²) in [4.78, 5) is 14.3. The molecule has 2 aliphatic heterocycles. The van der Waals surface area contributed by atoms with Crippen LogP contribution in [0.1, 0.15) is 25.7 Å². The van der Waals surface area contributed by atoms with Gasteiger partial charge in [0, 0.05) is 32.9 Å². The normalized spacial score (nSPS) is 21.5. The molecule has 1 N–H and O–H groups in total. The van der Waals surface area contributed by atoms with Crippen molar-refractivity contribution in [3.05, 3.63) is 24.3 Å². The minimum atomic E-state index is -0.116. The van der Waals surface area contributed by atoms with Crippen molar-refractivity contribution in [1.82, 2.24) is 4.90 Å². The molecule has 2 fully saturated rings. The number of amides is 2. The summed E-state index contributed by atoms with van der Waals surface area (Å²) in [6.07, 6.45) is 4.02. The highest BCUT2D eigenvalue weighted by atomic mass is 16.5. The lowest BCUT2D eigenvalue weighted by atomic mass is 10.1. The predicted molar refractivity (Wildman–Crippen MR) is 91.5 cm³/mol. The first kappa shape index (κ1) is 17.0. The molecule has 1 aromatic rings. The van der Waals surface area contributed by atoms with E-state index in [2.05, 4.69) is 5.32 Å². The van der Waals surface area contributed by atoms with Gasteiger partial charge in [-0.1, -0.05) is 12.1 Å². The zero-order chi connectivity index (χ0) is 16.8. The van der Waals surface area contributed by atoms with Crippen LogP contribution in [0.25, 0.3) is 0 Å². The number of benzene rings is 1. The Morgan fingerprint density at radius 1 is 1.25 bits per heavy atom. The molecular weight excluding hydrogens is 308 g/mol. The molecule has 0 radical (unpaired) electrons. The highest BCUT2D eigenvalue weighted by Gasteiger charge is 2.23. The van der Waals surface area contributed by atoms with Crippen molar-refractivity contribution in [2.24, 2.45) is 0 Å². The van der Waals surface area contributed by atoms with Crippen LogP contribution in [0.4, 0.5) is 10.5 Å². The summed E-state index contributed by atoms with van der Waals surface area (Å²) in [7, 11) is 1.83. The average molecular weight is 334 g/mol. The fraction of sp³-hybridized carbons (Fsp3) is 0.611. The molecule has 2 aliphatic rings. The van der Waals surface area contributed by atoms with E-state index in [-0.39, 0.29) is 18.2 Å². The molecule has 6 nitrogen and oxygen atoms in total. The number of carbonyl (C=O) groups is 1. The van der Waals surface area contributed by atoms with E-state index in [1.54, 1.807) is 4.90 Å². The molecule has 2 saturated heterocycles. The van der Waals surface area contributed by atoms with E-state index in [1.807, 2.05) is 31.3 Å². The Morgan fingerprint density at radius 2 is 2.04 bits per heavy atom. The molecule has 3 rings (SSSR count). The number of carbonyl (C=O) groups excluding carboxylic acids is 1. The van der Waals surface area contributed by atoms with Gasteiger partial charge in [0.2, 0.25) is 0 Å². The maximum atomic E-state index is 12.5. The number of para-hydroxylation sites is 2. The number of hydrogen-bond donors (Lipinski definition) is 1. The Balaban J connectivity index is 1.58. The van der Waals surface area contributed by atoms with Crippen LogP contribution in [0.5, 0.6) is 5.75 Å². The van der Waals surface area contributed by atoms with Gasteiger partial charge in [0.25, 0.3) is 0 Å². The Labute approximate surface area is 143 Å². The van der Waals surface area contributed by atoms with E-state index in [0.29, 0.717) is 31.3 Å². The minimum absolute atomic E-state index is 0.116. The second-order valence-corrected chi connectivity index (χ2v) is 6.33. The van der Waals surface area contributed by atoms with Gasteiger partial charge in [-0.2, -0.15) is 0 Å². The van der Waals surface area contributed by atoms with Gasteiger partial charge in [0.1, 0.15) is 12.4 Å². The van der Waals surface area contributed by atoms with Crippen LogP contribution in [0.2, 0.25) is 0 Å². The molecule has 1 atom stereocenters. The Morgan fingerprint density at radius 3 is 2.79 bits per heavy atom. The molecule has 0 spiro atoms. The second kappa shape index (κ2) is 8.35. The standard InChI is InChI=1S/C18H26N2O4/c1-20(14-8-11-22-12-9-14)18(21)19-16-6-2-3-7-17(16)24-13-15-5-4-10-23-15/h2-3,6-7,14-15H,4-5,8-13H2,1H3,(H,19,21)/t15-/m1/s1. The van der Waals surface area contributed by atoms with E-state index in [4.69, 9.17) is 14.2 Å².